The number of fused-ring (bicyclic) bond motifs is 1. The number of hydrogen-bond acceptors (Lipinski definition) is 4. The summed E-state index contributed by atoms with van der Waals surface area (Å²) in [5.41, 5.74) is 1.05. The highest BCUT2D eigenvalue weighted by Crippen LogP contribution is 2.32. The molecule has 1 saturated heterocycles. The van der Waals surface area contributed by atoms with Crippen molar-refractivity contribution in [3.8, 4) is 0 Å². The molecule has 0 saturated carbocycles. The molecule has 29 heavy (non-hydrogen) atoms. The average Bonchev–Trinajstić information content (AvgIpc) is 3.03. The second-order valence-electron chi connectivity index (χ2n) is 7.76. The van der Waals surface area contributed by atoms with Gasteiger partial charge in [0, 0.05) is 13.0 Å². The lowest BCUT2D eigenvalue weighted by molar-refractivity contribution is -0.131. The number of amides is 2. The van der Waals surface area contributed by atoms with Crippen LogP contribution in [0.25, 0.3) is 10.2 Å². The molecule has 2 N–H and O–H groups in total. The average molecular weight is 408 g/mol. The molecular weight excluding hydrogens is 382 g/mol. The quantitative estimate of drug-likeness (QED) is 0.679. The Balaban J connectivity index is 1.64. The van der Waals surface area contributed by atoms with Crippen LogP contribution in [-0.4, -0.2) is 29.4 Å². The van der Waals surface area contributed by atoms with Crippen LogP contribution >= 0.6 is 11.3 Å². The Morgan fingerprint density at radius 1 is 1.17 bits per heavy atom. The van der Waals surface area contributed by atoms with E-state index in [0.29, 0.717) is 19.4 Å². The molecular formula is C23H25N3O2S. The number of nitrogens with one attached hydrogen (secondary N) is 2. The van der Waals surface area contributed by atoms with E-state index >= 15 is 0 Å². The van der Waals surface area contributed by atoms with Gasteiger partial charge in [-0.1, -0.05) is 42.5 Å². The minimum absolute atomic E-state index is 0.0914. The molecule has 0 aliphatic carbocycles. The predicted molar refractivity (Wildman–Crippen MR) is 116 cm³/mol. The van der Waals surface area contributed by atoms with Crippen molar-refractivity contribution in [1.29, 1.82) is 0 Å². The fourth-order valence-electron chi connectivity index (χ4n) is 3.81. The molecule has 4 rings (SSSR count). The number of nitrogens with zero attached hydrogens (tertiary/aromatic N) is 1. The Bertz CT molecular complexity index is 984. The third kappa shape index (κ3) is 4.17. The Morgan fingerprint density at radius 3 is 2.72 bits per heavy atom. The van der Waals surface area contributed by atoms with Crippen LogP contribution in [0.5, 0.6) is 0 Å². The van der Waals surface area contributed by atoms with Crippen LogP contribution in [0.4, 0.5) is 0 Å². The normalized spacial score (nSPS) is 19.2. The van der Waals surface area contributed by atoms with Crippen LogP contribution in [0.2, 0.25) is 0 Å². The number of para-hydroxylation sites is 1. The Kier molecular flexibility index (Phi) is 5.62. The Labute approximate surface area is 174 Å². The highest BCUT2D eigenvalue weighted by molar-refractivity contribution is 7.18. The summed E-state index contributed by atoms with van der Waals surface area (Å²) < 4.78 is 1.11. The van der Waals surface area contributed by atoms with Crippen molar-refractivity contribution in [3.05, 3.63) is 65.2 Å². The first-order chi connectivity index (χ1) is 14.1. The van der Waals surface area contributed by atoms with Crippen LogP contribution in [-0.2, 0) is 21.4 Å². The maximum atomic E-state index is 13.5. The predicted octanol–water partition coefficient (Wildman–Crippen LogP) is 3.58. The minimum atomic E-state index is -0.818. The summed E-state index contributed by atoms with van der Waals surface area (Å²) in [4.78, 5) is 30.6. The van der Waals surface area contributed by atoms with Crippen LogP contribution in [0, 0.1) is 0 Å². The van der Waals surface area contributed by atoms with E-state index in [-0.39, 0.29) is 11.8 Å². The smallest absolute Gasteiger partial charge is 0.242 e. The topological polar surface area (TPSA) is 71.1 Å². The maximum Gasteiger partial charge on any atom is 0.242 e. The molecule has 6 heteroatoms. The third-order valence-corrected chi connectivity index (χ3v) is 6.63. The zero-order chi connectivity index (χ0) is 20.3. The van der Waals surface area contributed by atoms with Gasteiger partial charge >= 0.3 is 0 Å². The van der Waals surface area contributed by atoms with Crippen molar-refractivity contribution in [2.24, 2.45) is 0 Å². The lowest BCUT2D eigenvalue weighted by Gasteiger charge is -2.30. The number of aromatic nitrogens is 1. The zero-order valence-corrected chi connectivity index (χ0v) is 17.3. The van der Waals surface area contributed by atoms with E-state index < -0.39 is 11.5 Å². The van der Waals surface area contributed by atoms with Crippen LogP contribution < -0.4 is 10.6 Å². The minimum Gasteiger partial charge on any atom is -0.354 e. The lowest BCUT2D eigenvalue weighted by Crippen LogP contribution is -2.52. The lowest BCUT2D eigenvalue weighted by atomic mass is 9.78. The molecule has 0 radical (unpaired) electrons. The van der Waals surface area contributed by atoms with Crippen molar-refractivity contribution in [2.75, 3.05) is 6.54 Å². The van der Waals surface area contributed by atoms with Crippen LogP contribution in [0.3, 0.4) is 0 Å². The molecule has 2 unspecified atom stereocenters. The second kappa shape index (κ2) is 8.33. The van der Waals surface area contributed by atoms with E-state index in [2.05, 4.69) is 10.6 Å². The monoisotopic (exact) mass is 407 g/mol. The molecule has 5 nitrogen and oxygen atoms in total. The number of benzene rings is 2. The molecule has 1 aromatic heterocycles. The van der Waals surface area contributed by atoms with E-state index in [9.17, 15) is 9.59 Å². The second-order valence-corrected chi connectivity index (χ2v) is 8.88. The van der Waals surface area contributed by atoms with Gasteiger partial charge in [0.2, 0.25) is 11.8 Å². The van der Waals surface area contributed by atoms with Crippen molar-refractivity contribution < 1.29 is 9.59 Å². The summed E-state index contributed by atoms with van der Waals surface area (Å²) in [7, 11) is 0. The van der Waals surface area contributed by atoms with Gasteiger partial charge < -0.3 is 10.6 Å². The van der Waals surface area contributed by atoms with Gasteiger partial charge in [-0.3, -0.25) is 9.59 Å². The molecule has 3 aromatic rings. The SMILES string of the molecule is CC(Cc1nc2ccccc2s1)(C(=O)NC1CCCCNC1=O)c1ccccc1. The highest BCUT2D eigenvalue weighted by atomic mass is 32.1. The highest BCUT2D eigenvalue weighted by Gasteiger charge is 2.38. The first-order valence-corrected chi connectivity index (χ1v) is 10.9. The maximum absolute atomic E-state index is 13.5. The Morgan fingerprint density at radius 2 is 1.93 bits per heavy atom. The molecule has 2 aromatic carbocycles. The molecule has 0 bridgehead atoms. The molecule has 2 heterocycles. The van der Waals surface area contributed by atoms with Gasteiger partial charge in [-0.15, -0.1) is 11.3 Å². The summed E-state index contributed by atoms with van der Waals surface area (Å²) in [6, 6.07) is 17.3. The van der Waals surface area contributed by atoms with Crippen molar-refractivity contribution >= 4 is 33.4 Å². The van der Waals surface area contributed by atoms with Gasteiger partial charge in [0.25, 0.3) is 0 Å². The number of carbonyl (C=O) groups excluding carboxylic acids is 2. The summed E-state index contributed by atoms with van der Waals surface area (Å²) >= 11 is 1.62. The molecule has 2 atom stereocenters. The standard InChI is InChI=1S/C23H25N3O2S/c1-23(16-9-3-2-4-10-16,15-20-25-17-11-5-6-13-19(17)29-20)22(28)26-18-12-7-8-14-24-21(18)27/h2-6,9-11,13,18H,7-8,12,14-15H2,1H3,(H,24,27)(H,26,28). The Hall–Kier alpha value is -2.73. The molecule has 2 amide bonds. The first-order valence-electron chi connectivity index (χ1n) is 10.0. The van der Waals surface area contributed by atoms with Gasteiger partial charge in [-0.05, 0) is 43.9 Å². The third-order valence-electron chi connectivity index (χ3n) is 5.60. The van der Waals surface area contributed by atoms with Crippen LogP contribution in [0.1, 0.15) is 36.8 Å². The van der Waals surface area contributed by atoms with Gasteiger partial charge in [0.15, 0.2) is 0 Å². The van der Waals surface area contributed by atoms with Crippen molar-refractivity contribution in [1.82, 2.24) is 15.6 Å². The molecule has 1 aliphatic heterocycles. The summed E-state index contributed by atoms with van der Waals surface area (Å²) in [6.07, 6.45) is 3.02. The van der Waals surface area contributed by atoms with Crippen molar-refractivity contribution in [3.63, 3.8) is 0 Å². The van der Waals surface area contributed by atoms with E-state index in [1.165, 1.54) is 0 Å². The van der Waals surface area contributed by atoms with E-state index in [1.807, 2.05) is 61.5 Å². The van der Waals surface area contributed by atoms with E-state index in [0.717, 1.165) is 33.6 Å². The summed E-state index contributed by atoms with van der Waals surface area (Å²) in [6.45, 7) is 2.62. The van der Waals surface area contributed by atoms with Crippen molar-refractivity contribution in [2.45, 2.75) is 44.1 Å². The molecule has 1 aliphatic rings. The van der Waals surface area contributed by atoms with Gasteiger partial charge in [0.05, 0.1) is 20.6 Å². The number of thiazole rings is 1. The van der Waals surface area contributed by atoms with E-state index in [1.54, 1.807) is 11.3 Å². The number of hydrogen-bond donors (Lipinski definition) is 2. The fourth-order valence-corrected chi connectivity index (χ4v) is 4.94. The van der Waals surface area contributed by atoms with Gasteiger partial charge in [-0.25, -0.2) is 4.98 Å². The number of carbonyl (C=O) groups is 2. The van der Waals surface area contributed by atoms with Gasteiger partial charge in [0.1, 0.15) is 6.04 Å². The summed E-state index contributed by atoms with van der Waals surface area (Å²) in [5.74, 6) is -0.226. The van der Waals surface area contributed by atoms with E-state index in [4.69, 9.17) is 4.98 Å². The number of rotatable bonds is 5. The summed E-state index contributed by atoms with van der Waals surface area (Å²) in [5, 5.41) is 6.84. The zero-order valence-electron chi connectivity index (χ0n) is 16.5. The fraction of sp³-hybridized carbons (Fsp3) is 0.348. The first kappa shape index (κ1) is 19.6. The largest absolute Gasteiger partial charge is 0.354 e. The molecule has 1 fully saturated rings. The van der Waals surface area contributed by atoms with Crippen LogP contribution in [0.15, 0.2) is 54.6 Å². The molecule has 0 spiro atoms. The van der Waals surface area contributed by atoms with Gasteiger partial charge in [-0.2, -0.15) is 0 Å². The molecule has 150 valence electrons.